The van der Waals surface area contributed by atoms with Crippen molar-refractivity contribution >= 4 is 50.4 Å². The average Bonchev–Trinajstić information content (AvgIpc) is 3.42. The van der Waals surface area contributed by atoms with Gasteiger partial charge in [-0.3, -0.25) is 0 Å². The lowest BCUT2D eigenvalue weighted by molar-refractivity contribution is 0.912. The van der Waals surface area contributed by atoms with E-state index in [9.17, 15) is 0 Å². The Balaban J connectivity index is 1.78. The summed E-state index contributed by atoms with van der Waals surface area (Å²) in [5, 5.41) is 1.36. The molecule has 156 valence electrons. The Hall–Kier alpha value is -1.30. The minimum atomic E-state index is -2.56. The molecule has 0 fully saturated rings. The minimum Gasteiger partial charge on any atom is -0.159 e. The lowest BCUT2D eigenvalue weighted by atomic mass is 10.0. The van der Waals surface area contributed by atoms with E-state index in [1.165, 1.54) is 67.9 Å². The molecule has 0 saturated carbocycles. The van der Waals surface area contributed by atoms with Crippen molar-refractivity contribution in [3.8, 4) is 0 Å². The molecule has 3 aliphatic carbocycles. The largest absolute Gasteiger partial charge is 0.209 e. The number of fused-ring (bicyclic) bond motifs is 2. The summed E-state index contributed by atoms with van der Waals surface area (Å²) in [6, 6.07) is 13.6. The summed E-state index contributed by atoms with van der Waals surface area (Å²) >= 11 is 11.2. The van der Waals surface area contributed by atoms with Crippen molar-refractivity contribution in [2.24, 2.45) is 0 Å². The van der Waals surface area contributed by atoms with Crippen LogP contribution >= 0.6 is 11.1 Å². The second kappa shape index (κ2) is 7.64. The summed E-state index contributed by atoms with van der Waals surface area (Å²) in [6.45, 7) is 11.5. The van der Waals surface area contributed by atoms with E-state index in [0.717, 1.165) is 0 Å². The molecule has 0 N–H and O–H groups in total. The van der Waals surface area contributed by atoms with Crippen LogP contribution in [0.5, 0.6) is 0 Å². The molecule has 2 aromatic rings. The van der Waals surface area contributed by atoms with E-state index < -0.39 is 7.38 Å². The third-order valence-corrected chi connectivity index (χ3v) is 15.5. The summed E-state index contributed by atoms with van der Waals surface area (Å²) in [5.41, 5.74) is 13.9. The Morgan fingerprint density at radius 2 is 1.55 bits per heavy atom. The quantitative estimate of drug-likeness (QED) is 0.383. The number of hydrogen-bond acceptors (Lipinski definition) is 0. The van der Waals surface area contributed by atoms with E-state index in [4.69, 9.17) is 11.1 Å². The summed E-state index contributed by atoms with van der Waals surface area (Å²) in [5.74, 6) is 0. The van der Waals surface area contributed by atoms with Crippen LogP contribution in [0.3, 0.4) is 0 Å². The van der Waals surface area contributed by atoms with Crippen LogP contribution in [0.25, 0.3) is 6.08 Å². The third kappa shape index (κ3) is 2.99. The molecule has 31 heavy (non-hydrogen) atoms. The predicted octanol–water partition coefficient (Wildman–Crippen LogP) is 6.16. The molecule has 3 heteroatoms. The molecular weight excluding hydrogens is 427 g/mol. The summed E-state index contributed by atoms with van der Waals surface area (Å²) < 4.78 is 1.42. The number of hydrogen-bond donors (Lipinski definition) is 0. The SMILES string of the molecule is CC1=Cc2c(cc3c([c]2[Al])CCC3)C1[Si](Cl)(c1ccccc1)C1C(C)=C(C)C(C)=C1C. The predicted molar refractivity (Wildman–Crippen MR) is 138 cm³/mol. The molecule has 2 atom stereocenters. The smallest absolute Gasteiger partial charge is 0.159 e. The molecular formula is C28H30AlClSi. The Morgan fingerprint density at radius 3 is 2.19 bits per heavy atom. The standard InChI is InChI=1S/C28H30ClSi.Al/c1-17-14-24-15-22-10-9-11-23(22)16-26(24)27(17)30(29,25-12-7-6-8-13-25)28-20(4)18(2)19(3)21(28)5;/h6-8,12-14,16,27-28H,9-11H2,1-5H3;. The van der Waals surface area contributed by atoms with Crippen LogP contribution < -0.4 is 9.61 Å². The molecule has 0 saturated heterocycles. The Morgan fingerprint density at radius 1 is 0.903 bits per heavy atom. The Bertz CT molecular complexity index is 1160. The van der Waals surface area contributed by atoms with Gasteiger partial charge in [-0.2, -0.15) is 11.1 Å². The molecule has 0 aliphatic heterocycles. The normalized spacial score (nSPS) is 22.6. The number of rotatable bonds is 3. The average molecular weight is 457 g/mol. The topological polar surface area (TPSA) is 0 Å². The van der Waals surface area contributed by atoms with Crippen molar-refractivity contribution < 1.29 is 0 Å². The van der Waals surface area contributed by atoms with Crippen LogP contribution in [0.1, 0.15) is 68.8 Å². The molecule has 5 rings (SSSR count). The first-order valence-corrected chi connectivity index (χ1v) is 15.2. The maximum Gasteiger partial charge on any atom is 0.209 e. The highest BCUT2D eigenvalue weighted by Gasteiger charge is 2.54. The molecule has 0 nitrogen and oxygen atoms in total. The number of aryl methyl sites for hydroxylation is 1. The van der Waals surface area contributed by atoms with Crippen molar-refractivity contribution in [3.63, 3.8) is 0 Å². The summed E-state index contributed by atoms with van der Waals surface area (Å²) in [6.07, 6.45) is 6.14. The van der Waals surface area contributed by atoms with Crippen LogP contribution in [0.2, 0.25) is 5.54 Å². The maximum absolute atomic E-state index is 8.15. The highest BCUT2D eigenvalue weighted by Crippen LogP contribution is 2.56. The second-order valence-corrected chi connectivity index (χ2v) is 15.5. The van der Waals surface area contributed by atoms with E-state index >= 15 is 0 Å². The van der Waals surface area contributed by atoms with Gasteiger partial charge in [0.2, 0.25) is 7.38 Å². The lowest BCUT2D eigenvalue weighted by Crippen LogP contribution is -2.53. The number of benzene rings is 2. The van der Waals surface area contributed by atoms with Crippen LogP contribution in [-0.4, -0.2) is 23.7 Å². The first kappa shape index (κ1) is 21.5. The van der Waals surface area contributed by atoms with Gasteiger partial charge in [-0.15, -0.1) is 4.43 Å². The molecule has 2 aromatic carbocycles. The van der Waals surface area contributed by atoms with E-state index in [-0.39, 0.29) is 0 Å². The van der Waals surface area contributed by atoms with Crippen LogP contribution in [0.15, 0.2) is 64.3 Å². The summed E-state index contributed by atoms with van der Waals surface area (Å²) in [7, 11) is -2.56. The first-order chi connectivity index (χ1) is 14.8. The lowest BCUT2D eigenvalue weighted by Gasteiger charge is -2.40. The Kier molecular flexibility index (Phi) is 5.31. The zero-order chi connectivity index (χ0) is 22.1. The monoisotopic (exact) mass is 456 g/mol. The molecule has 2 radical (unpaired) electrons. The van der Waals surface area contributed by atoms with Gasteiger partial charge in [-0.05, 0) is 86.9 Å². The molecule has 0 amide bonds. The zero-order valence-corrected chi connectivity index (χ0v) is 22.2. The van der Waals surface area contributed by atoms with Gasteiger partial charge in [0, 0.05) is 11.1 Å². The highest BCUT2D eigenvalue weighted by atomic mass is 35.6. The second-order valence-electron chi connectivity index (χ2n) is 9.79. The molecule has 0 bridgehead atoms. The van der Waals surface area contributed by atoms with Gasteiger partial charge in [0.1, 0.15) is 0 Å². The highest BCUT2D eigenvalue weighted by molar-refractivity contribution is 7.29. The fourth-order valence-corrected chi connectivity index (χ4v) is 14.1. The van der Waals surface area contributed by atoms with Crippen molar-refractivity contribution in [1.29, 1.82) is 0 Å². The van der Waals surface area contributed by atoms with Gasteiger partial charge < -0.3 is 0 Å². The van der Waals surface area contributed by atoms with Gasteiger partial charge in [0.15, 0.2) is 16.3 Å². The molecule has 3 aliphatic rings. The molecule has 0 aromatic heterocycles. The van der Waals surface area contributed by atoms with Crippen molar-refractivity contribution in [2.75, 3.05) is 0 Å². The van der Waals surface area contributed by atoms with Gasteiger partial charge in [-0.1, -0.05) is 64.8 Å². The summed E-state index contributed by atoms with van der Waals surface area (Å²) in [4.78, 5) is 0. The van der Waals surface area contributed by atoms with E-state index in [0.29, 0.717) is 11.1 Å². The molecule has 0 spiro atoms. The van der Waals surface area contributed by atoms with Crippen LogP contribution in [-0.2, 0) is 12.8 Å². The van der Waals surface area contributed by atoms with Crippen LogP contribution in [0, 0.1) is 0 Å². The van der Waals surface area contributed by atoms with Crippen molar-refractivity contribution in [3.05, 3.63) is 86.5 Å². The Labute approximate surface area is 201 Å². The van der Waals surface area contributed by atoms with E-state index in [2.05, 4.69) is 93.4 Å². The van der Waals surface area contributed by atoms with Gasteiger partial charge >= 0.3 is 0 Å². The molecule has 2 unspecified atom stereocenters. The van der Waals surface area contributed by atoms with Gasteiger partial charge in [-0.25, -0.2) is 0 Å². The molecule has 0 heterocycles. The van der Waals surface area contributed by atoms with Crippen LogP contribution in [0.4, 0.5) is 0 Å². The number of halogens is 1. The fraction of sp³-hybridized carbons (Fsp3) is 0.357. The maximum atomic E-state index is 8.15. The van der Waals surface area contributed by atoms with Gasteiger partial charge in [0.25, 0.3) is 0 Å². The zero-order valence-electron chi connectivity index (χ0n) is 19.3. The van der Waals surface area contributed by atoms with Crippen molar-refractivity contribution in [2.45, 2.75) is 65.0 Å². The van der Waals surface area contributed by atoms with E-state index in [1.807, 2.05) is 0 Å². The fourth-order valence-electron chi connectivity index (χ4n) is 6.50. The van der Waals surface area contributed by atoms with E-state index in [1.54, 1.807) is 11.1 Å². The van der Waals surface area contributed by atoms with Gasteiger partial charge in [0.05, 0.1) is 0 Å². The third-order valence-electron chi connectivity index (χ3n) is 8.32. The number of allylic oxidation sites excluding steroid dienone is 5. The first-order valence-electron chi connectivity index (χ1n) is 11.5. The van der Waals surface area contributed by atoms with Crippen molar-refractivity contribution in [1.82, 2.24) is 0 Å². The minimum absolute atomic E-state index is 0.297.